The lowest BCUT2D eigenvalue weighted by Crippen LogP contribution is -2.24. The van der Waals surface area contributed by atoms with Crippen LogP contribution in [0.4, 0.5) is 5.82 Å². The van der Waals surface area contributed by atoms with Crippen molar-refractivity contribution in [2.75, 3.05) is 18.5 Å². The molecule has 0 radical (unpaired) electrons. The zero-order valence-corrected chi connectivity index (χ0v) is 10.8. The predicted octanol–water partition coefficient (Wildman–Crippen LogP) is 2.98. The van der Waals surface area contributed by atoms with Crippen molar-refractivity contribution >= 4 is 33.3 Å². The number of hydrogen-bond donors (Lipinski definition) is 0. The first-order chi connectivity index (χ1) is 6.50. The van der Waals surface area contributed by atoms with Crippen molar-refractivity contribution in [2.45, 2.75) is 13.8 Å². The minimum atomic E-state index is 0.277. The molecular formula is C9H13BrClN3. The van der Waals surface area contributed by atoms with Crippen molar-refractivity contribution in [1.29, 1.82) is 0 Å². The molecule has 0 aliphatic carbocycles. The van der Waals surface area contributed by atoms with E-state index in [0.29, 0.717) is 5.92 Å². The summed E-state index contributed by atoms with van der Waals surface area (Å²) < 4.78 is 0.866. The van der Waals surface area contributed by atoms with Crippen molar-refractivity contribution in [1.82, 2.24) is 9.97 Å². The van der Waals surface area contributed by atoms with E-state index in [1.165, 1.54) is 0 Å². The van der Waals surface area contributed by atoms with Crippen LogP contribution in [0.2, 0.25) is 5.28 Å². The van der Waals surface area contributed by atoms with Crippen LogP contribution in [0.25, 0.3) is 0 Å². The smallest absolute Gasteiger partial charge is 0.224 e. The van der Waals surface area contributed by atoms with Crippen molar-refractivity contribution in [2.24, 2.45) is 5.92 Å². The van der Waals surface area contributed by atoms with Gasteiger partial charge in [-0.05, 0) is 33.4 Å². The quantitative estimate of drug-likeness (QED) is 0.796. The molecule has 0 N–H and O–H groups in total. The lowest BCUT2D eigenvalue weighted by Gasteiger charge is -2.21. The maximum atomic E-state index is 5.73. The number of halogens is 2. The molecule has 0 aromatic carbocycles. The average molecular weight is 279 g/mol. The molecule has 0 saturated heterocycles. The molecule has 1 rings (SSSR count). The van der Waals surface area contributed by atoms with Crippen molar-refractivity contribution in [3.63, 3.8) is 0 Å². The van der Waals surface area contributed by atoms with E-state index < -0.39 is 0 Å². The van der Waals surface area contributed by atoms with Gasteiger partial charge >= 0.3 is 0 Å². The summed E-state index contributed by atoms with van der Waals surface area (Å²) >= 11 is 9.12. The number of nitrogens with zero attached hydrogens (tertiary/aromatic N) is 3. The summed E-state index contributed by atoms with van der Waals surface area (Å²) in [7, 11) is 1.99. The zero-order chi connectivity index (χ0) is 10.7. The number of hydrogen-bond acceptors (Lipinski definition) is 3. The van der Waals surface area contributed by atoms with Gasteiger partial charge in [0.1, 0.15) is 5.82 Å². The first-order valence-corrected chi connectivity index (χ1v) is 5.57. The van der Waals surface area contributed by atoms with Gasteiger partial charge in [0.05, 0.1) is 4.47 Å². The fraction of sp³-hybridized carbons (Fsp3) is 0.556. The summed E-state index contributed by atoms with van der Waals surface area (Å²) in [5.41, 5.74) is 0. The molecular weight excluding hydrogens is 265 g/mol. The van der Waals surface area contributed by atoms with Gasteiger partial charge in [0.25, 0.3) is 0 Å². The second-order valence-electron chi connectivity index (χ2n) is 3.58. The molecule has 0 bridgehead atoms. The molecule has 5 heteroatoms. The molecule has 1 heterocycles. The average Bonchev–Trinajstić information content (AvgIpc) is 2.08. The van der Waals surface area contributed by atoms with Gasteiger partial charge in [-0.1, -0.05) is 13.8 Å². The minimum Gasteiger partial charge on any atom is -0.358 e. The van der Waals surface area contributed by atoms with Gasteiger partial charge in [-0.2, -0.15) is 4.98 Å². The molecule has 0 aliphatic rings. The first kappa shape index (κ1) is 11.7. The van der Waals surface area contributed by atoms with E-state index in [2.05, 4.69) is 44.6 Å². The fourth-order valence-corrected chi connectivity index (χ4v) is 1.86. The minimum absolute atomic E-state index is 0.277. The summed E-state index contributed by atoms with van der Waals surface area (Å²) in [4.78, 5) is 10.1. The molecule has 0 spiro atoms. The van der Waals surface area contributed by atoms with Gasteiger partial charge in [0, 0.05) is 19.8 Å². The monoisotopic (exact) mass is 277 g/mol. The highest BCUT2D eigenvalue weighted by Crippen LogP contribution is 2.23. The Morgan fingerprint density at radius 2 is 2.21 bits per heavy atom. The van der Waals surface area contributed by atoms with Gasteiger partial charge in [-0.25, -0.2) is 4.98 Å². The van der Waals surface area contributed by atoms with Gasteiger partial charge in [0.15, 0.2) is 0 Å². The van der Waals surface area contributed by atoms with E-state index in [-0.39, 0.29) is 5.28 Å². The zero-order valence-electron chi connectivity index (χ0n) is 8.46. The van der Waals surface area contributed by atoms with Crippen LogP contribution < -0.4 is 4.90 Å². The van der Waals surface area contributed by atoms with Crippen molar-refractivity contribution in [3.05, 3.63) is 16.0 Å². The summed E-state index contributed by atoms with van der Waals surface area (Å²) in [6, 6.07) is 0. The van der Waals surface area contributed by atoms with Crippen LogP contribution in [0.3, 0.4) is 0 Å². The van der Waals surface area contributed by atoms with Crippen LogP contribution >= 0.6 is 27.5 Å². The normalized spacial score (nSPS) is 10.7. The largest absolute Gasteiger partial charge is 0.358 e. The highest BCUT2D eigenvalue weighted by Gasteiger charge is 2.10. The van der Waals surface area contributed by atoms with Gasteiger partial charge in [-0.15, -0.1) is 0 Å². The van der Waals surface area contributed by atoms with Crippen LogP contribution in [0.1, 0.15) is 13.8 Å². The molecule has 0 saturated carbocycles. The van der Waals surface area contributed by atoms with Crippen LogP contribution in [0.15, 0.2) is 10.7 Å². The Labute approximate surface area is 97.6 Å². The second-order valence-corrected chi connectivity index (χ2v) is 4.78. The summed E-state index contributed by atoms with van der Waals surface area (Å²) in [6.45, 7) is 5.26. The van der Waals surface area contributed by atoms with Crippen molar-refractivity contribution in [3.8, 4) is 0 Å². The molecule has 0 fully saturated rings. The van der Waals surface area contributed by atoms with Crippen LogP contribution in [-0.4, -0.2) is 23.6 Å². The molecule has 0 aliphatic heterocycles. The Morgan fingerprint density at radius 3 is 2.79 bits per heavy atom. The van der Waals surface area contributed by atoms with Crippen LogP contribution in [0, 0.1) is 5.92 Å². The summed E-state index contributed by atoms with van der Waals surface area (Å²) in [5, 5.41) is 0.277. The molecule has 0 atom stereocenters. The molecule has 1 aromatic heterocycles. The van der Waals surface area contributed by atoms with E-state index >= 15 is 0 Å². The lowest BCUT2D eigenvalue weighted by atomic mass is 10.2. The maximum Gasteiger partial charge on any atom is 0.224 e. The Hall–Kier alpha value is -0.350. The number of rotatable bonds is 3. The Kier molecular flexibility index (Phi) is 4.13. The van der Waals surface area contributed by atoms with Gasteiger partial charge in [-0.3, -0.25) is 0 Å². The summed E-state index contributed by atoms with van der Waals surface area (Å²) in [5.74, 6) is 1.42. The van der Waals surface area contributed by atoms with Gasteiger partial charge < -0.3 is 4.90 Å². The van der Waals surface area contributed by atoms with Crippen molar-refractivity contribution < 1.29 is 0 Å². The highest BCUT2D eigenvalue weighted by atomic mass is 79.9. The fourth-order valence-electron chi connectivity index (χ4n) is 1.24. The number of anilines is 1. The first-order valence-electron chi connectivity index (χ1n) is 4.40. The molecule has 1 aromatic rings. The van der Waals surface area contributed by atoms with E-state index in [9.17, 15) is 0 Å². The topological polar surface area (TPSA) is 29.0 Å². The van der Waals surface area contributed by atoms with Crippen LogP contribution in [-0.2, 0) is 0 Å². The molecule has 0 amide bonds. The second kappa shape index (κ2) is 4.94. The lowest BCUT2D eigenvalue weighted by molar-refractivity contribution is 0.633. The van der Waals surface area contributed by atoms with Crippen LogP contribution in [0.5, 0.6) is 0 Å². The standard InChI is InChI=1S/C9H13BrClN3/c1-6(2)5-14(3)8-7(10)4-12-9(11)13-8/h4,6H,5H2,1-3H3. The third-order valence-electron chi connectivity index (χ3n) is 1.70. The summed E-state index contributed by atoms with van der Waals surface area (Å²) in [6.07, 6.45) is 1.67. The molecule has 14 heavy (non-hydrogen) atoms. The van der Waals surface area contributed by atoms with Gasteiger partial charge in [0.2, 0.25) is 5.28 Å². The third kappa shape index (κ3) is 3.10. The third-order valence-corrected chi connectivity index (χ3v) is 2.44. The van der Waals surface area contributed by atoms with E-state index in [4.69, 9.17) is 11.6 Å². The Morgan fingerprint density at radius 1 is 1.57 bits per heavy atom. The SMILES string of the molecule is CC(C)CN(C)c1nc(Cl)ncc1Br. The molecule has 3 nitrogen and oxygen atoms in total. The Balaban J connectivity index is 2.88. The van der Waals surface area contributed by atoms with E-state index in [0.717, 1.165) is 16.8 Å². The molecule has 78 valence electrons. The Bertz CT molecular complexity index is 317. The van der Waals surface area contributed by atoms with E-state index in [1.54, 1.807) is 6.20 Å². The highest BCUT2D eigenvalue weighted by molar-refractivity contribution is 9.10. The maximum absolute atomic E-state index is 5.73. The predicted molar refractivity (Wildman–Crippen MR) is 62.9 cm³/mol. The van der Waals surface area contributed by atoms with E-state index in [1.807, 2.05) is 7.05 Å². The molecule has 0 unspecified atom stereocenters. The number of aromatic nitrogens is 2.